The minimum absolute atomic E-state index is 0. The first-order valence-electron chi connectivity index (χ1n) is 6.63. The van der Waals surface area contributed by atoms with E-state index in [1.54, 1.807) is 0 Å². The predicted octanol–water partition coefficient (Wildman–Crippen LogP) is 4.10. The number of hydrogen-bond acceptors (Lipinski definition) is 2. The highest BCUT2D eigenvalue weighted by molar-refractivity contribution is 5.29. The van der Waals surface area contributed by atoms with E-state index in [4.69, 9.17) is 4.74 Å². The van der Waals surface area contributed by atoms with Crippen molar-refractivity contribution in [3.05, 3.63) is 71.8 Å². The highest BCUT2D eigenvalue weighted by atomic mass is 16.5. The van der Waals surface area contributed by atoms with Crippen LogP contribution in [0.2, 0.25) is 0 Å². The van der Waals surface area contributed by atoms with Crippen LogP contribution in [0, 0.1) is 0 Å². The number of likely N-dealkylation sites (N-methyl/N-ethyl adjacent to an activating group) is 1. The van der Waals surface area contributed by atoms with Gasteiger partial charge in [-0.15, -0.1) is 0 Å². The van der Waals surface area contributed by atoms with Crippen molar-refractivity contribution >= 4 is 0 Å². The molecule has 2 rings (SSSR count). The van der Waals surface area contributed by atoms with Gasteiger partial charge in [0.05, 0.1) is 6.61 Å². The molecule has 0 radical (unpaired) electrons. The average Bonchev–Trinajstić information content (AvgIpc) is 2.45. The lowest BCUT2D eigenvalue weighted by molar-refractivity contribution is 0.0687. The third kappa shape index (κ3) is 4.80. The lowest BCUT2D eigenvalue weighted by atomic mass is 10.0. The number of ether oxygens (including phenoxy) is 1. The molecule has 0 unspecified atom stereocenters. The number of rotatable bonds is 6. The molecule has 0 aliphatic rings. The molecule has 0 amide bonds. The molecule has 0 aliphatic heterocycles. The smallest absolute Gasteiger partial charge is 0.367 e. The fourth-order valence-corrected chi connectivity index (χ4v) is 1.99. The zero-order chi connectivity index (χ0) is 13.5. The molecule has 0 saturated heterocycles. The lowest BCUT2D eigenvalue weighted by Gasteiger charge is -2.20. The van der Waals surface area contributed by atoms with Crippen LogP contribution < -0.4 is 0 Å². The third-order valence-corrected chi connectivity index (χ3v) is 3.03. The maximum atomic E-state index is 6.08. The Morgan fingerprint density at radius 3 is 1.75 bits per heavy atom. The topological polar surface area (TPSA) is 12.5 Å². The van der Waals surface area contributed by atoms with Crippen LogP contribution in [0.4, 0.5) is 0 Å². The van der Waals surface area contributed by atoms with Crippen molar-refractivity contribution in [2.75, 3.05) is 27.2 Å². The van der Waals surface area contributed by atoms with Crippen molar-refractivity contribution < 1.29 is 6.16 Å². The maximum Gasteiger partial charge on any atom is 1.00 e. The van der Waals surface area contributed by atoms with E-state index >= 15 is 0 Å². The highest BCUT2D eigenvalue weighted by Gasteiger charge is 2.13. The number of benzene rings is 2. The summed E-state index contributed by atoms with van der Waals surface area (Å²) in [5, 5.41) is 0. The summed E-state index contributed by atoms with van der Waals surface area (Å²) in [6.45, 7) is 1.65. The normalized spacial score (nSPS) is 10.6. The Kier molecular flexibility index (Phi) is 6.99. The SMILES string of the molecule is C.CN(C)CCOC(c1ccccc1)c1ccccc1.[H+]. The second-order valence-corrected chi connectivity index (χ2v) is 4.88. The Hall–Kier alpha value is -1.64. The summed E-state index contributed by atoms with van der Waals surface area (Å²) < 4.78 is 6.08. The molecule has 2 aromatic carbocycles. The first-order valence-corrected chi connectivity index (χ1v) is 6.63. The summed E-state index contributed by atoms with van der Waals surface area (Å²) in [6, 6.07) is 20.8. The quantitative estimate of drug-likeness (QED) is 0.785. The van der Waals surface area contributed by atoms with Gasteiger partial charge in [0.25, 0.3) is 0 Å². The molecule has 2 heteroatoms. The molecule has 2 aromatic rings. The zero-order valence-electron chi connectivity index (χ0n) is 12.6. The van der Waals surface area contributed by atoms with E-state index in [0.717, 1.165) is 13.2 Å². The molecule has 2 nitrogen and oxygen atoms in total. The monoisotopic (exact) mass is 272 g/mol. The average molecular weight is 272 g/mol. The van der Waals surface area contributed by atoms with E-state index in [2.05, 4.69) is 67.5 Å². The molecule has 0 N–H and O–H groups in total. The minimum Gasteiger partial charge on any atom is -0.367 e. The van der Waals surface area contributed by atoms with Crippen LogP contribution in [-0.2, 0) is 4.74 Å². The largest absolute Gasteiger partial charge is 1.00 e. The van der Waals surface area contributed by atoms with Crippen molar-refractivity contribution in [3.8, 4) is 0 Å². The van der Waals surface area contributed by atoms with Gasteiger partial charge in [-0.1, -0.05) is 68.1 Å². The van der Waals surface area contributed by atoms with Gasteiger partial charge in [0.15, 0.2) is 0 Å². The first kappa shape index (κ1) is 16.4. The third-order valence-electron chi connectivity index (χ3n) is 3.03. The molecule has 108 valence electrons. The standard InChI is InChI=1S/C17H21NO.CH4/c1-18(2)13-14-19-17(15-9-5-3-6-10-15)16-11-7-4-8-12-16;/h3-12,17H,13-14H2,1-2H3;1H4/p+1. The summed E-state index contributed by atoms with van der Waals surface area (Å²) in [4.78, 5) is 2.13. The Bertz CT molecular complexity index is 434. The number of nitrogens with zero attached hydrogens (tertiary/aromatic N) is 1. The van der Waals surface area contributed by atoms with Gasteiger partial charge >= 0.3 is 1.43 Å². The van der Waals surface area contributed by atoms with E-state index in [1.165, 1.54) is 11.1 Å². The van der Waals surface area contributed by atoms with Gasteiger partial charge in [-0.05, 0) is 25.2 Å². The fraction of sp³-hybridized carbons (Fsp3) is 0.333. The summed E-state index contributed by atoms with van der Waals surface area (Å²) in [7, 11) is 4.12. The van der Waals surface area contributed by atoms with Crippen LogP contribution in [0.1, 0.15) is 26.1 Å². The number of hydrogen-bond donors (Lipinski definition) is 0. The minimum atomic E-state index is 0. The summed E-state index contributed by atoms with van der Waals surface area (Å²) in [5.41, 5.74) is 2.40. The Morgan fingerprint density at radius 2 is 1.35 bits per heavy atom. The Morgan fingerprint density at radius 1 is 0.900 bits per heavy atom. The van der Waals surface area contributed by atoms with Crippen molar-refractivity contribution in [2.45, 2.75) is 13.5 Å². The van der Waals surface area contributed by atoms with Crippen LogP contribution in [0.3, 0.4) is 0 Å². The van der Waals surface area contributed by atoms with Gasteiger partial charge in [0, 0.05) is 6.54 Å². The van der Waals surface area contributed by atoms with E-state index in [9.17, 15) is 0 Å². The van der Waals surface area contributed by atoms with Crippen LogP contribution in [0.25, 0.3) is 0 Å². The summed E-state index contributed by atoms with van der Waals surface area (Å²) in [6.07, 6.45) is 0.0161. The van der Waals surface area contributed by atoms with Crippen LogP contribution in [-0.4, -0.2) is 32.1 Å². The lowest BCUT2D eigenvalue weighted by Crippen LogP contribution is -2.20. The van der Waals surface area contributed by atoms with E-state index in [1.807, 2.05) is 12.1 Å². The van der Waals surface area contributed by atoms with Gasteiger partial charge < -0.3 is 9.64 Å². The van der Waals surface area contributed by atoms with Crippen molar-refractivity contribution in [3.63, 3.8) is 0 Å². The first-order chi connectivity index (χ1) is 9.27. The Balaban J connectivity index is 0.00000200. The van der Waals surface area contributed by atoms with Crippen LogP contribution in [0.5, 0.6) is 0 Å². The summed E-state index contributed by atoms with van der Waals surface area (Å²) >= 11 is 0. The molecule has 0 atom stereocenters. The summed E-state index contributed by atoms with van der Waals surface area (Å²) in [5.74, 6) is 0. The molecular weight excluding hydrogens is 246 g/mol. The van der Waals surface area contributed by atoms with Gasteiger partial charge in [-0.25, -0.2) is 0 Å². The fourth-order valence-electron chi connectivity index (χ4n) is 1.99. The molecule has 0 aromatic heterocycles. The molecule has 0 bridgehead atoms. The van der Waals surface area contributed by atoms with Crippen molar-refractivity contribution in [1.29, 1.82) is 0 Å². The zero-order valence-corrected chi connectivity index (χ0v) is 11.6. The molecule has 0 heterocycles. The van der Waals surface area contributed by atoms with E-state index in [-0.39, 0.29) is 15.0 Å². The molecule has 0 fully saturated rings. The van der Waals surface area contributed by atoms with Gasteiger partial charge in [-0.2, -0.15) is 0 Å². The second-order valence-electron chi connectivity index (χ2n) is 4.88. The van der Waals surface area contributed by atoms with Gasteiger partial charge in [0.1, 0.15) is 6.10 Å². The van der Waals surface area contributed by atoms with Crippen LogP contribution in [0.15, 0.2) is 60.7 Å². The maximum absolute atomic E-state index is 6.08. The van der Waals surface area contributed by atoms with Crippen LogP contribution >= 0.6 is 0 Å². The predicted molar refractivity (Wildman–Crippen MR) is 87.1 cm³/mol. The second kappa shape index (κ2) is 8.51. The van der Waals surface area contributed by atoms with Gasteiger partial charge in [-0.3, -0.25) is 0 Å². The van der Waals surface area contributed by atoms with Crippen molar-refractivity contribution in [2.24, 2.45) is 0 Å². The molecule has 20 heavy (non-hydrogen) atoms. The molecule has 0 aliphatic carbocycles. The molecule has 0 spiro atoms. The van der Waals surface area contributed by atoms with Crippen molar-refractivity contribution in [1.82, 2.24) is 4.90 Å². The van der Waals surface area contributed by atoms with Gasteiger partial charge in [0.2, 0.25) is 0 Å². The Labute approximate surface area is 124 Å². The molecule has 0 saturated carbocycles. The molecular formula is C18H26NO+. The highest BCUT2D eigenvalue weighted by Crippen LogP contribution is 2.25. The van der Waals surface area contributed by atoms with E-state index in [0.29, 0.717) is 0 Å². The van der Waals surface area contributed by atoms with E-state index < -0.39 is 0 Å².